The highest BCUT2D eigenvalue weighted by atomic mass is 79.9. The third-order valence-electron chi connectivity index (χ3n) is 2.93. The summed E-state index contributed by atoms with van der Waals surface area (Å²) in [5.41, 5.74) is 2.36. The number of anilines is 1. The number of hydrogen-bond acceptors (Lipinski definition) is 1. The fourth-order valence-electron chi connectivity index (χ4n) is 2.03. The van der Waals surface area contributed by atoms with E-state index in [1.807, 2.05) is 17.0 Å². The Kier molecular flexibility index (Phi) is 3.64. The third-order valence-corrected chi connectivity index (χ3v) is 3.78. The molecule has 0 bridgehead atoms. The molecule has 0 N–H and O–H groups in total. The number of nitrogens with zero attached hydrogens (tertiary/aromatic N) is 1. The highest BCUT2D eigenvalue weighted by molar-refractivity contribution is 9.10. The Labute approximate surface area is 105 Å². The summed E-state index contributed by atoms with van der Waals surface area (Å²) in [6.07, 6.45) is 3.16. The van der Waals surface area contributed by atoms with Crippen molar-refractivity contribution in [3.05, 3.63) is 29.8 Å². The van der Waals surface area contributed by atoms with Crippen LogP contribution in [0.5, 0.6) is 0 Å². The lowest BCUT2D eigenvalue weighted by molar-refractivity contribution is -0.116. The Bertz CT molecular complexity index is 374. The van der Waals surface area contributed by atoms with E-state index >= 15 is 0 Å². The molecule has 0 aromatic heterocycles. The Morgan fingerprint density at radius 3 is 2.56 bits per heavy atom. The molecule has 1 aliphatic rings. The Hall–Kier alpha value is -0.830. The number of benzene rings is 1. The van der Waals surface area contributed by atoms with Crippen LogP contribution in [-0.4, -0.2) is 17.3 Å². The predicted octanol–water partition coefficient (Wildman–Crippen LogP) is 3.14. The minimum Gasteiger partial charge on any atom is -0.311 e. The van der Waals surface area contributed by atoms with Crippen LogP contribution in [0.1, 0.15) is 25.3 Å². The molecule has 1 aromatic carbocycles. The van der Waals surface area contributed by atoms with E-state index in [1.165, 1.54) is 5.56 Å². The summed E-state index contributed by atoms with van der Waals surface area (Å²) in [5.74, 6) is 0.184. The topological polar surface area (TPSA) is 20.3 Å². The van der Waals surface area contributed by atoms with E-state index in [9.17, 15) is 4.79 Å². The Morgan fingerprint density at radius 2 is 2.06 bits per heavy atom. The van der Waals surface area contributed by atoms with Crippen LogP contribution in [0.3, 0.4) is 0 Å². The quantitative estimate of drug-likeness (QED) is 0.780. The van der Waals surface area contributed by atoms with Gasteiger partial charge >= 0.3 is 0 Å². The number of hydrogen-bond donors (Lipinski definition) is 0. The molecule has 86 valence electrons. The molecule has 1 saturated heterocycles. The summed E-state index contributed by atoms with van der Waals surface area (Å²) < 4.78 is 0. The van der Waals surface area contributed by atoms with Crippen molar-refractivity contribution in [2.75, 3.05) is 11.4 Å². The van der Waals surface area contributed by atoms with Crippen molar-refractivity contribution >= 4 is 27.5 Å². The van der Waals surface area contributed by atoms with Gasteiger partial charge < -0.3 is 4.90 Å². The van der Waals surface area contributed by atoms with Gasteiger partial charge in [-0.15, -0.1) is 0 Å². The molecule has 16 heavy (non-hydrogen) atoms. The van der Waals surface area contributed by atoms with Crippen LogP contribution in [0.25, 0.3) is 0 Å². The zero-order valence-electron chi connectivity index (χ0n) is 9.45. The van der Waals surface area contributed by atoms with Crippen LogP contribution < -0.4 is 4.90 Å². The molecule has 0 saturated carbocycles. The van der Waals surface area contributed by atoms with Crippen molar-refractivity contribution in [2.24, 2.45) is 0 Å². The number of halogens is 1. The first-order valence-corrected chi connectivity index (χ1v) is 6.68. The molecule has 0 spiro atoms. The minimum absolute atomic E-state index is 0.00261. The maximum absolute atomic E-state index is 11.8. The predicted molar refractivity (Wildman–Crippen MR) is 70.1 cm³/mol. The van der Waals surface area contributed by atoms with E-state index < -0.39 is 0 Å². The van der Waals surface area contributed by atoms with Gasteiger partial charge in [0, 0.05) is 12.2 Å². The second kappa shape index (κ2) is 5.00. The molecule has 2 nitrogen and oxygen atoms in total. The molecule has 3 heteroatoms. The maximum atomic E-state index is 11.8. The van der Waals surface area contributed by atoms with Crippen molar-refractivity contribution < 1.29 is 4.79 Å². The average Bonchev–Trinajstić information content (AvgIpc) is 2.62. The normalized spacial score (nSPS) is 20.5. The smallest absolute Gasteiger partial charge is 0.240 e. The SMILES string of the molecule is CCCc1ccc(N2CCC(Br)C2=O)cc1. The summed E-state index contributed by atoms with van der Waals surface area (Å²) in [6.45, 7) is 3.00. The van der Waals surface area contributed by atoms with Gasteiger partial charge in [-0.05, 0) is 30.5 Å². The van der Waals surface area contributed by atoms with Gasteiger partial charge in [0.15, 0.2) is 0 Å². The van der Waals surface area contributed by atoms with Gasteiger partial charge in [-0.3, -0.25) is 4.79 Å². The summed E-state index contributed by atoms with van der Waals surface area (Å²) in [4.78, 5) is 13.7. The van der Waals surface area contributed by atoms with Crippen molar-refractivity contribution in [3.63, 3.8) is 0 Å². The monoisotopic (exact) mass is 281 g/mol. The summed E-state index contributed by atoms with van der Waals surface area (Å²) in [6, 6.07) is 8.34. The molecular weight excluding hydrogens is 266 g/mol. The number of carbonyl (C=O) groups is 1. The molecule has 2 rings (SSSR count). The summed E-state index contributed by atoms with van der Waals surface area (Å²) >= 11 is 3.39. The standard InChI is InChI=1S/C13H16BrNO/c1-2-3-10-4-6-11(7-5-10)15-9-8-12(14)13(15)16/h4-7,12H,2-3,8-9H2,1H3. The lowest BCUT2D eigenvalue weighted by atomic mass is 10.1. The number of alkyl halides is 1. The molecular formula is C13H16BrNO. The minimum atomic E-state index is 0.00261. The lowest BCUT2D eigenvalue weighted by Crippen LogP contribution is -2.26. The number of rotatable bonds is 3. The van der Waals surface area contributed by atoms with E-state index in [1.54, 1.807) is 0 Å². The van der Waals surface area contributed by atoms with E-state index in [0.717, 1.165) is 31.5 Å². The van der Waals surface area contributed by atoms with Crippen LogP contribution in [0, 0.1) is 0 Å². The van der Waals surface area contributed by atoms with E-state index in [4.69, 9.17) is 0 Å². The molecule has 1 amide bonds. The molecule has 1 heterocycles. The molecule has 1 unspecified atom stereocenters. The van der Waals surface area contributed by atoms with Gasteiger partial charge in [0.05, 0.1) is 4.83 Å². The second-order valence-corrected chi connectivity index (χ2v) is 5.27. The highest BCUT2D eigenvalue weighted by Crippen LogP contribution is 2.25. The van der Waals surface area contributed by atoms with E-state index in [2.05, 4.69) is 35.0 Å². The number of carbonyl (C=O) groups excluding carboxylic acids is 1. The van der Waals surface area contributed by atoms with E-state index in [-0.39, 0.29) is 10.7 Å². The van der Waals surface area contributed by atoms with Crippen molar-refractivity contribution in [1.29, 1.82) is 0 Å². The summed E-state index contributed by atoms with van der Waals surface area (Å²) in [7, 11) is 0. The number of amides is 1. The van der Waals surface area contributed by atoms with Crippen molar-refractivity contribution in [1.82, 2.24) is 0 Å². The fourth-order valence-corrected chi connectivity index (χ4v) is 2.48. The zero-order valence-corrected chi connectivity index (χ0v) is 11.0. The van der Waals surface area contributed by atoms with Crippen LogP contribution >= 0.6 is 15.9 Å². The first-order valence-electron chi connectivity index (χ1n) is 5.76. The van der Waals surface area contributed by atoms with Crippen LogP contribution in [0.15, 0.2) is 24.3 Å². The van der Waals surface area contributed by atoms with Crippen molar-refractivity contribution in [3.8, 4) is 0 Å². The molecule has 1 aliphatic heterocycles. The van der Waals surface area contributed by atoms with Gasteiger partial charge in [-0.2, -0.15) is 0 Å². The average molecular weight is 282 g/mol. The second-order valence-electron chi connectivity index (χ2n) is 4.16. The Balaban J connectivity index is 2.13. The van der Waals surface area contributed by atoms with Gasteiger partial charge in [-0.25, -0.2) is 0 Å². The fraction of sp³-hybridized carbons (Fsp3) is 0.462. The maximum Gasteiger partial charge on any atom is 0.240 e. The highest BCUT2D eigenvalue weighted by Gasteiger charge is 2.30. The molecule has 0 aliphatic carbocycles. The van der Waals surface area contributed by atoms with Gasteiger partial charge in [0.2, 0.25) is 5.91 Å². The van der Waals surface area contributed by atoms with Crippen LogP contribution in [0.4, 0.5) is 5.69 Å². The Morgan fingerprint density at radius 1 is 1.38 bits per heavy atom. The number of aryl methyl sites for hydroxylation is 1. The first-order chi connectivity index (χ1) is 7.72. The molecule has 1 fully saturated rings. The zero-order chi connectivity index (χ0) is 11.5. The third kappa shape index (κ3) is 2.29. The molecule has 1 atom stereocenters. The van der Waals surface area contributed by atoms with Crippen molar-refractivity contribution in [2.45, 2.75) is 31.0 Å². The molecule has 1 aromatic rings. The van der Waals surface area contributed by atoms with Crippen LogP contribution in [0.2, 0.25) is 0 Å². The van der Waals surface area contributed by atoms with Gasteiger partial charge in [-0.1, -0.05) is 41.4 Å². The largest absolute Gasteiger partial charge is 0.311 e. The van der Waals surface area contributed by atoms with Gasteiger partial charge in [0.1, 0.15) is 0 Å². The van der Waals surface area contributed by atoms with Crippen LogP contribution in [-0.2, 0) is 11.2 Å². The molecule has 0 radical (unpaired) electrons. The first kappa shape index (κ1) is 11.6. The lowest BCUT2D eigenvalue weighted by Gasteiger charge is -2.16. The summed E-state index contributed by atoms with van der Waals surface area (Å²) in [5, 5.41) is 0. The van der Waals surface area contributed by atoms with E-state index in [0.29, 0.717) is 0 Å². The van der Waals surface area contributed by atoms with Gasteiger partial charge in [0.25, 0.3) is 0 Å².